The van der Waals surface area contributed by atoms with Gasteiger partial charge in [0, 0.05) is 0 Å². The lowest BCUT2D eigenvalue weighted by Crippen LogP contribution is -2.15. The minimum Gasteiger partial charge on any atom is -0.506 e. The van der Waals surface area contributed by atoms with Crippen LogP contribution in [0.15, 0.2) is 18.2 Å². The van der Waals surface area contributed by atoms with Crippen molar-refractivity contribution >= 4 is 17.3 Å². The van der Waals surface area contributed by atoms with E-state index in [1.807, 2.05) is 0 Å². The lowest BCUT2D eigenvalue weighted by atomic mass is 10.1. The quantitative estimate of drug-likeness (QED) is 0.462. The first kappa shape index (κ1) is 11.0. The van der Waals surface area contributed by atoms with E-state index in [0.717, 1.165) is 18.2 Å². The van der Waals surface area contributed by atoms with Gasteiger partial charge >= 0.3 is 5.38 Å². The number of aromatic hydroxyl groups is 1. The summed E-state index contributed by atoms with van der Waals surface area (Å²) in [4.78, 5) is 0. The zero-order chi connectivity index (χ0) is 10.9. The molecule has 3 N–H and O–H groups in total. The monoisotopic (exact) mass is 225 g/mol. The number of phenolic OH excluding ortho intramolecular Hbond substituents is 1. The molecule has 0 saturated carbocycles. The van der Waals surface area contributed by atoms with Crippen LogP contribution in [0.1, 0.15) is 11.7 Å². The maximum atomic E-state index is 12.9. The maximum absolute atomic E-state index is 12.9. The Morgan fingerprint density at radius 3 is 2.43 bits per heavy atom. The molecule has 0 saturated heterocycles. The van der Waals surface area contributed by atoms with Crippen LogP contribution in [0.25, 0.3) is 0 Å². The van der Waals surface area contributed by atoms with Crippen LogP contribution < -0.4 is 5.73 Å². The number of rotatable bonds is 2. The number of hydrogen-bond acceptors (Lipinski definition) is 2. The molecule has 1 atom stereocenters. The van der Waals surface area contributed by atoms with Crippen molar-refractivity contribution in [2.75, 3.05) is 5.73 Å². The second kappa shape index (κ2) is 3.57. The molecular weight excluding hydrogens is 219 g/mol. The van der Waals surface area contributed by atoms with Crippen LogP contribution >= 0.6 is 11.6 Å². The van der Waals surface area contributed by atoms with Crippen molar-refractivity contribution in [1.29, 1.82) is 0 Å². The Balaban J connectivity index is 3.03. The molecule has 2 nitrogen and oxygen atoms in total. The van der Waals surface area contributed by atoms with Crippen LogP contribution in [0.2, 0.25) is 0 Å². The Bertz CT molecular complexity index is 340. The molecule has 0 aromatic heterocycles. The molecule has 0 heterocycles. The molecule has 0 bridgehead atoms. The number of alkyl halides is 4. The van der Waals surface area contributed by atoms with E-state index in [2.05, 4.69) is 11.6 Å². The molecule has 0 aliphatic heterocycles. The summed E-state index contributed by atoms with van der Waals surface area (Å²) in [6, 6.07) is 2.98. The Kier molecular flexibility index (Phi) is 2.80. The fraction of sp³-hybridized carbons (Fsp3) is 0.250. The van der Waals surface area contributed by atoms with Gasteiger partial charge in [0.2, 0.25) is 6.17 Å². The van der Waals surface area contributed by atoms with Crippen LogP contribution in [0.3, 0.4) is 0 Å². The first-order chi connectivity index (χ1) is 6.32. The van der Waals surface area contributed by atoms with E-state index in [1.54, 1.807) is 0 Å². The smallest absolute Gasteiger partial charge is 0.356 e. The molecule has 14 heavy (non-hydrogen) atoms. The second-order valence-electron chi connectivity index (χ2n) is 2.72. The molecule has 0 spiro atoms. The molecular formula is C8H7ClF3NO. The number of halogens is 4. The molecule has 0 fully saturated rings. The summed E-state index contributed by atoms with van der Waals surface area (Å²) >= 11 is 4.49. The minimum atomic E-state index is -4.00. The standard InChI is InChI=1S/C8H7ClF3NO/c9-8(11,12)7(10)4-1-2-5(13)6(14)3-4/h1-3,7,14H,13H2. The molecule has 1 rings (SSSR count). The van der Waals surface area contributed by atoms with Crippen LogP contribution in [-0.4, -0.2) is 10.5 Å². The lowest BCUT2D eigenvalue weighted by Gasteiger charge is -2.14. The third-order valence-electron chi connectivity index (χ3n) is 1.63. The summed E-state index contributed by atoms with van der Waals surface area (Å²) in [5, 5.41) is 5.04. The number of anilines is 1. The Morgan fingerprint density at radius 1 is 1.43 bits per heavy atom. The molecule has 1 aromatic carbocycles. The van der Waals surface area contributed by atoms with Gasteiger partial charge in [-0.15, -0.1) is 0 Å². The van der Waals surface area contributed by atoms with Crippen molar-refractivity contribution in [3.05, 3.63) is 23.8 Å². The number of nitrogen functional groups attached to an aromatic ring is 1. The van der Waals surface area contributed by atoms with Gasteiger partial charge in [-0.05, 0) is 29.3 Å². The minimum absolute atomic E-state index is 0.0150. The van der Waals surface area contributed by atoms with Crippen molar-refractivity contribution in [2.45, 2.75) is 11.6 Å². The molecule has 0 radical (unpaired) electrons. The van der Waals surface area contributed by atoms with Gasteiger partial charge in [0.15, 0.2) is 0 Å². The largest absolute Gasteiger partial charge is 0.506 e. The van der Waals surface area contributed by atoms with E-state index in [9.17, 15) is 13.2 Å². The third kappa shape index (κ3) is 2.23. The van der Waals surface area contributed by atoms with E-state index in [4.69, 9.17) is 10.8 Å². The zero-order valence-corrected chi connectivity index (χ0v) is 7.60. The Labute approximate surface area is 83.1 Å². The summed E-state index contributed by atoms with van der Waals surface area (Å²) in [5.41, 5.74) is 4.77. The lowest BCUT2D eigenvalue weighted by molar-refractivity contribution is 0.00559. The molecule has 78 valence electrons. The number of hydrogen-bond donors (Lipinski definition) is 2. The predicted octanol–water partition coefficient (Wildman–Crippen LogP) is 2.82. The van der Waals surface area contributed by atoms with Gasteiger partial charge in [0.05, 0.1) is 5.69 Å². The summed E-state index contributed by atoms with van der Waals surface area (Å²) < 4.78 is 37.5. The van der Waals surface area contributed by atoms with Crippen LogP contribution in [-0.2, 0) is 0 Å². The predicted molar refractivity (Wildman–Crippen MR) is 47.2 cm³/mol. The molecule has 1 aromatic rings. The highest BCUT2D eigenvalue weighted by molar-refractivity contribution is 6.22. The normalized spacial score (nSPS) is 14.0. The molecule has 6 heteroatoms. The van der Waals surface area contributed by atoms with E-state index in [1.165, 1.54) is 0 Å². The number of benzene rings is 1. The second-order valence-corrected chi connectivity index (χ2v) is 3.23. The Morgan fingerprint density at radius 2 is 2.00 bits per heavy atom. The van der Waals surface area contributed by atoms with E-state index in [-0.39, 0.29) is 5.69 Å². The highest BCUT2D eigenvalue weighted by Crippen LogP contribution is 2.39. The van der Waals surface area contributed by atoms with Gasteiger partial charge in [-0.25, -0.2) is 4.39 Å². The van der Waals surface area contributed by atoms with Crippen molar-refractivity contribution in [2.24, 2.45) is 0 Å². The van der Waals surface area contributed by atoms with Gasteiger partial charge in [0.1, 0.15) is 5.75 Å². The Hall–Kier alpha value is -1.10. The van der Waals surface area contributed by atoms with Gasteiger partial charge in [-0.1, -0.05) is 6.07 Å². The van der Waals surface area contributed by atoms with Crippen molar-refractivity contribution < 1.29 is 18.3 Å². The zero-order valence-electron chi connectivity index (χ0n) is 6.85. The van der Waals surface area contributed by atoms with Gasteiger partial charge in [-0.3, -0.25) is 0 Å². The summed E-state index contributed by atoms with van der Waals surface area (Å²) in [5.74, 6) is -0.453. The maximum Gasteiger partial charge on any atom is 0.356 e. The topological polar surface area (TPSA) is 46.2 Å². The van der Waals surface area contributed by atoms with Crippen molar-refractivity contribution in [3.63, 3.8) is 0 Å². The highest BCUT2D eigenvalue weighted by atomic mass is 35.5. The van der Waals surface area contributed by atoms with E-state index in [0.29, 0.717) is 0 Å². The van der Waals surface area contributed by atoms with Crippen molar-refractivity contribution in [1.82, 2.24) is 0 Å². The third-order valence-corrected chi connectivity index (χ3v) is 1.83. The molecule has 0 amide bonds. The van der Waals surface area contributed by atoms with Crippen LogP contribution in [0.4, 0.5) is 18.9 Å². The first-order valence-corrected chi connectivity index (χ1v) is 3.99. The number of phenols is 1. The fourth-order valence-corrected chi connectivity index (χ4v) is 1.03. The van der Waals surface area contributed by atoms with Gasteiger partial charge in [-0.2, -0.15) is 8.78 Å². The van der Waals surface area contributed by atoms with Crippen LogP contribution in [0.5, 0.6) is 5.75 Å². The molecule has 0 aliphatic carbocycles. The van der Waals surface area contributed by atoms with E-state index >= 15 is 0 Å². The SMILES string of the molecule is Nc1ccc(C(F)C(F)(F)Cl)cc1O. The van der Waals surface area contributed by atoms with Crippen molar-refractivity contribution in [3.8, 4) is 5.75 Å². The van der Waals surface area contributed by atoms with Crippen LogP contribution in [0, 0.1) is 0 Å². The summed E-state index contributed by atoms with van der Waals surface area (Å²) in [6.45, 7) is 0. The van der Waals surface area contributed by atoms with Gasteiger partial charge < -0.3 is 10.8 Å². The first-order valence-electron chi connectivity index (χ1n) is 3.61. The average molecular weight is 226 g/mol. The fourth-order valence-electron chi connectivity index (χ4n) is 0.907. The molecule has 0 aliphatic rings. The average Bonchev–Trinajstić information content (AvgIpc) is 2.07. The summed E-state index contributed by atoms with van der Waals surface area (Å²) in [6.07, 6.45) is -2.67. The highest BCUT2D eigenvalue weighted by Gasteiger charge is 2.38. The van der Waals surface area contributed by atoms with Gasteiger partial charge in [0.25, 0.3) is 0 Å². The summed E-state index contributed by atoms with van der Waals surface area (Å²) in [7, 11) is 0. The number of nitrogens with two attached hydrogens (primary N) is 1. The molecule has 1 unspecified atom stereocenters. The van der Waals surface area contributed by atoms with E-state index < -0.39 is 22.9 Å².